The molecule has 0 aliphatic heterocycles. The van der Waals surface area contributed by atoms with Crippen molar-refractivity contribution in [1.82, 2.24) is 14.2 Å². The maximum atomic E-state index is 13.9. The highest BCUT2D eigenvalue weighted by atomic mass is 35.5. The van der Waals surface area contributed by atoms with Gasteiger partial charge in [-0.25, -0.2) is 4.39 Å². The van der Waals surface area contributed by atoms with E-state index in [1.807, 2.05) is 35.8 Å². The Labute approximate surface area is 137 Å². The zero-order valence-corrected chi connectivity index (χ0v) is 13.5. The predicted molar refractivity (Wildman–Crippen MR) is 86.0 cm³/mol. The molecule has 0 bridgehead atoms. The molecule has 7 heteroatoms. The first kappa shape index (κ1) is 15.1. The molecule has 0 aliphatic carbocycles. The van der Waals surface area contributed by atoms with Gasteiger partial charge in [0.05, 0.1) is 17.6 Å². The Balaban J connectivity index is 1.83. The standard InChI is InChI=1S/C15H14ClFN4S/c1-19(9-11-12(16)5-4-6-13(11)17)10-21-15(22)20-8-3-2-7-14(20)18-21/h2-8H,9-10H2,1H3/p+1. The first-order valence-corrected chi connectivity index (χ1v) is 7.63. The molecule has 1 aromatic carbocycles. The first-order chi connectivity index (χ1) is 10.6. The summed E-state index contributed by atoms with van der Waals surface area (Å²) < 4.78 is 18.1. The topological polar surface area (TPSA) is 26.7 Å². The minimum Gasteiger partial charge on any atom is -0.315 e. The number of hydrogen-bond donors (Lipinski definition) is 1. The Kier molecular flexibility index (Phi) is 4.24. The summed E-state index contributed by atoms with van der Waals surface area (Å²) in [6, 6.07) is 10.4. The number of hydrogen-bond acceptors (Lipinski definition) is 2. The van der Waals surface area contributed by atoms with Gasteiger partial charge in [-0.1, -0.05) is 23.7 Å². The monoisotopic (exact) mass is 337 g/mol. The second kappa shape index (κ2) is 6.16. The van der Waals surface area contributed by atoms with E-state index in [4.69, 9.17) is 23.8 Å². The fourth-order valence-electron chi connectivity index (χ4n) is 2.39. The summed E-state index contributed by atoms with van der Waals surface area (Å²) in [4.78, 5) is 1.03. The lowest BCUT2D eigenvalue weighted by Crippen LogP contribution is -3.07. The highest BCUT2D eigenvalue weighted by Crippen LogP contribution is 2.17. The SMILES string of the molecule is C[NH+](Cc1c(F)cccc1Cl)Cn1nc2ccccn2c1=S. The molecule has 0 spiro atoms. The van der Waals surface area contributed by atoms with Crippen LogP contribution >= 0.6 is 23.8 Å². The number of aromatic nitrogens is 3. The van der Waals surface area contributed by atoms with Gasteiger partial charge in [0.2, 0.25) is 4.77 Å². The first-order valence-electron chi connectivity index (χ1n) is 6.84. The minimum atomic E-state index is -0.287. The van der Waals surface area contributed by atoms with Gasteiger partial charge in [-0.15, -0.1) is 5.10 Å². The van der Waals surface area contributed by atoms with Gasteiger partial charge in [-0.05, 0) is 36.5 Å². The third-order valence-electron chi connectivity index (χ3n) is 3.45. The molecule has 22 heavy (non-hydrogen) atoms. The highest BCUT2D eigenvalue weighted by molar-refractivity contribution is 7.71. The van der Waals surface area contributed by atoms with Gasteiger partial charge in [-0.2, -0.15) is 4.68 Å². The zero-order valence-electron chi connectivity index (χ0n) is 12.0. The molecular formula is C15H15ClFN4S+. The van der Waals surface area contributed by atoms with E-state index in [0.717, 1.165) is 10.5 Å². The number of halogens is 2. The van der Waals surface area contributed by atoms with Gasteiger partial charge in [0.25, 0.3) is 0 Å². The van der Waals surface area contributed by atoms with Crippen molar-refractivity contribution in [3.63, 3.8) is 0 Å². The zero-order chi connectivity index (χ0) is 15.7. The molecule has 0 radical (unpaired) electrons. The molecule has 114 valence electrons. The van der Waals surface area contributed by atoms with Crippen LogP contribution in [0, 0.1) is 10.6 Å². The van der Waals surface area contributed by atoms with E-state index in [0.29, 0.717) is 28.6 Å². The lowest BCUT2D eigenvalue weighted by atomic mass is 10.2. The molecule has 0 saturated carbocycles. The van der Waals surface area contributed by atoms with Crippen LogP contribution in [0.4, 0.5) is 4.39 Å². The van der Waals surface area contributed by atoms with E-state index in [1.54, 1.807) is 16.8 Å². The summed E-state index contributed by atoms with van der Waals surface area (Å²) >= 11 is 11.5. The van der Waals surface area contributed by atoms with E-state index in [2.05, 4.69) is 5.10 Å². The van der Waals surface area contributed by atoms with Crippen LogP contribution in [0.2, 0.25) is 5.02 Å². The second-order valence-electron chi connectivity index (χ2n) is 5.20. The number of benzene rings is 1. The molecular weight excluding hydrogens is 323 g/mol. The summed E-state index contributed by atoms with van der Waals surface area (Å²) in [7, 11) is 1.95. The molecule has 3 aromatic rings. The molecule has 3 rings (SSSR count). The molecule has 0 saturated heterocycles. The molecule has 1 unspecified atom stereocenters. The Morgan fingerprint density at radius 1 is 1.27 bits per heavy atom. The molecule has 2 aromatic heterocycles. The largest absolute Gasteiger partial charge is 0.315 e. The van der Waals surface area contributed by atoms with Gasteiger partial charge in [0.1, 0.15) is 12.4 Å². The van der Waals surface area contributed by atoms with E-state index in [9.17, 15) is 4.39 Å². The number of quaternary nitrogens is 1. The third kappa shape index (κ3) is 2.90. The Morgan fingerprint density at radius 3 is 2.82 bits per heavy atom. The minimum absolute atomic E-state index is 0.287. The molecule has 0 fully saturated rings. The van der Waals surface area contributed by atoms with Gasteiger partial charge in [0, 0.05) is 6.20 Å². The smallest absolute Gasteiger partial charge is 0.207 e. The molecule has 0 aliphatic rings. The Hall–Kier alpha value is -1.76. The van der Waals surface area contributed by atoms with Crippen LogP contribution in [0.15, 0.2) is 42.6 Å². The van der Waals surface area contributed by atoms with Gasteiger partial charge in [-0.3, -0.25) is 4.40 Å². The summed E-state index contributed by atoms with van der Waals surface area (Å²) in [6.45, 7) is 0.992. The normalized spacial score (nSPS) is 12.7. The maximum absolute atomic E-state index is 13.9. The number of nitrogens with zero attached hydrogens (tertiary/aromatic N) is 3. The molecule has 0 amide bonds. The van der Waals surface area contributed by atoms with Crippen LogP contribution in [0.3, 0.4) is 0 Å². The summed E-state index contributed by atoms with van der Waals surface area (Å²) in [6.07, 6.45) is 1.88. The van der Waals surface area contributed by atoms with Gasteiger partial charge < -0.3 is 4.90 Å². The summed E-state index contributed by atoms with van der Waals surface area (Å²) in [5.74, 6) is -0.287. The van der Waals surface area contributed by atoms with Crippen molar-refractivity contribution in [3.05, 3.63) is 63.8 Å². The summed E-state index contributed by atoms with van der Waals surface area (Å²) in [5.41, 5.74) is 1.31. The van der Waals surface area contributed by atoms with Gasteiger partial charge >= 0.3 is 0 Å². The highest BCUT2D eigenvalue weighted by Gasteiger charge is 2.14. The van der Waals surface area contributed by atoms with Crippen LogP contribution in [-0.2, 0) is 13.2 Å². The van der Waals surface area contributed by atoms with Crippen LogP contribution in [0.1, 0.15) is 5.56 Å². The van der Waals surface area contributed by atoms with Crippen molar-refractivity contribution in [2.45, 2.75) is 13.2 Å². The number of nitrogens with one attached hydrogen (secondary N) is 1. The number of pyridine rings is 1. The van der Waals surface area contributed by atoms with E-state index < -0.39 is 0 Å². The van der Waals surface area contributed by atoms with E-state index in [1.165, 1.54) is 6.07 Å². The quantitative estimate of drug-likeness (QED) is 0.740. The molecule has 2 heterocycles. The van der Waals surface area contributed by atoms with Crippen molar-refractivity contribution in [1.29, 1.82) is 0 Å². The predicted octanol–water partition coefficient (Wildman–Crippen LogP) is 2.33. The maximum Gasteiger partial charge on any atom is 0.207 e. The van der Waals surface area contributed by atoms with Crippen LogP contribution < -0.4 is 4.90 Å². The Morgan fingerprint density at radius 2 is 2.09 bits per heavy atom. The van der Waals surface area contributed by atoms with Crippen molar-refractivity contribution in [3.8, 4) is 0 Å². The van der Waals surface area contributed by atoms with Crippen molar-refractivity contribution in [2.24, 2.45) is 0 Å². The van der Waals surface area contributed by atoms with Crippen LogP contribution in [0.25, 0.3) is 5.65 Å². The Bertz CT molecular complexity index is 853. The lowest BCUT2D eigenvalue weighted by molar-refractivity contribution is -0.917. The van der Waals surface area contributed by atoms with Crippen molar-refractivity contribution in [2.75, 3.05) is 7.05 Å². The van der Waals surface area contributed by atoms with E-state index in [-0.39, 0.29) is 5.82 Å². The van der Waals surface area contributed by atoms with E-state index >= 15 is 0 Å². The third-order valence-corrected chi connectivity index (χ3v) is 4.21. The second-order valence-corrected chi connectivity index (χ2v) is 5.98. The van der Waals surface area contributed by atoms with Crippen molar-refractivity contribution < 1.29 is 9.29 Å². The van der Waals surface area contributed by atoms with Crippen LogP contribution in [0.5, 0.6) is 0 Å². The fourth-order valence-corrected chi connectivity index (χ4v) is 2.88. The van der Waals surface area contributed by atoms with Crippen LogP contribution in [-0.4, -0.2) is 21.2 Å². The number of rotatable bonds is 4. The molecule has 1 atom stereocenters. The fraction of sp³-hybridized carbons (Fsp3) is 0.200. The van der Waals surface area contributed by atoms with Crippen molar-refractivity contribution >= 4 is 29.5 Å². The summed E-state index contributed by atoms with van der Waals surface area (Å²) in [5, 5.41) is 4.91. The number of fused-ring (bicyclic) bond motifs is 1. The molecule has 1 N–H and O–H groups in total. The average Bonchev–Trinajstić information content (AvgIpc) is 2.80. The van der Waals surface area contributed by atoms with Gasteiger partial charge in [0.15, 0.2) is 12.3 Å². The average molecular weight is 338 g/mol. The lowest BCUT2D eigenvalue weighted by Gasteiger charge is -2.15. The molecule has 4 nitrogen and oxygen atoms in total.